The number of ether oxygens (including phenoxy) is 3. The maximum Gasteiger partial charge on any atom is 0.214 e. The Bertz CT molecular complexity index is 1210. The number of halogens is 1. The number of furan rings is 1. The van der Waals surface area contributed by atoms with E-state index in [1.165, 1.54) is 0 Å². The van der Waals surface area contributed by atoms with Crippen molar-refractivity contribution < 1.29 is 18.6 Å². The standard InChI is InChI=1S/C27H29BrN2O4/c1-4-5-6-13-32-25-11-8-18(14-26(25)31-3)27-30-22(20-15-19(28)9-12-23(20)34-27)16-21(29-30)24-10-7-17(2)33-24/h7-12,14-15,22,27H,4-6,13,16H2,1-3H3/t22-,27-/m0/s1. The number of hydrazone groups is 1. The number of aryl methyl sites for hydroxylation is 1. The Kier molecular flexibility index (Phi) is 6.55. The summed E-state index contributed by atoms with van der Waals surface area (Å²) in [7, 11) is 1.67. The molecule has 178 valence electrons. The van der Waals surface area contributed by atoms with E-state index in [0.29, 0.717) is 12.4 Å². The van der Waals surface area contributed by atoms with E-state index in [0.717, 1.165) is 70.0 Å². The molecule has 0 saturated heterocycles. The average Bonchev–Trinajstić information content (AvgIpc) is 3.48. The van der Waals surface area contributed by atoms with Gasteiger partial charge in [0.25, 0.3) is 0 Å². The fraction of sp³-hybridized carbons (Fsp3) is 0.370. The highest BCUT2D eigenvalue weighted by Gasteiger charge is 2.42. The van der Waals surface area contributed by atoms with Gasteiger partial charge in [0.2, 0.25) is 6.23 Å². The first kappa shape index (κ1) is 22.8. The second-order valence-corrected chi connectivity index (χ2v) is 9.59. The van der Waals surface area contributed by atoms with Gasteiger partial charge in [-0.2, -0.15) is 5.10 Å². The fourth-order valence-electron chi connectivity index (χ4n) is 4.51. The molecule has 5 rings (SSSR count). The average molecular weight is 525 g/mol. The highest BCUT2D eigenvalue weighted by Crippen LogP contribution is 2.49. The third-order valence-corrected chi connectivity index (χ3v) is 6.75. The van der Waals surface area contributed by atoms with E-state index in [1.807, 2.05) is 54.4 Å². The molecule has 0 aliphatic carbocycles. The largest absolute Gasteiger partial charge is 0.493 e. The van der Waals surface area contributed by atoms with Crippen LogP contribution < -0.4 is 14.2 Å². The van der Waals surface area contributed by atoms with E-state index in [2.05, 4.69) is 28.9 Å². The van der Waals surface area contributed by atoms with Crippen LogP contribution in [0.4, 0.5) is 0 Å². The van der Waals surface area contributed by atoms with Gasteiger partial charge in [-0.15, -0.1) is 0 Å². The third kappa shape index (κ3) is 4.41. The number of nitrogens with zero attached hydrogens (tertiary/aromatic N) is 2. The SMILES string of the molecule is CCCCCOc1ccc([C@@H]2Oc3ccc(Br)cc3[C@@H]3CC(c4ccc(C)o4)=NN32)cc1OC. The molecule has 2 aliphatic heterocycles. The number of methoxy groups -OCH3 is 1. The normalized spacial score (nSPS) is 18.7. The summed E-state index contributed by atoms with van der Waals surface area (Å²) in [6.07, 6.45) is 3.69. The number of hydrogen-bond donors (Lipinski definition) is 0. The minimum absolute atomic E-state index is 0.0441. The van der Waals surface area contributed by atoms with Crippen molar-refractivity contribution in [3.05, 3.63) is 75.7 Å². The minimum atomic E-state index is -0.393. The lowest BCUT2D eigenvalue weighted by molar-refractivity contribution is -0.0192. The quantitative estimate of drug-likeness (QED) is 0.292. The van der Waals surface area contributed by atoms with E-state index in [9.17, 15) is 0 Å². The molecular formula is C27H29BrN2O4. The Morgan fingerprint density at radius 1 is 1.09 bits per heavy atom. The maximum absolute atomic E-state index is 6.50. The molecule has 0 N–H and O–H groups in total. The van der Waals surface area contributed by atoms with E-state index in [-0.39, 0.29) is 6.04 Å². The Balaban J connectivity index is 1.49. The van der Waals surface area contributed by atoms with Crippen LogP contribution in [-0.2, 0) is 0 Å². The topological polar surface area (TPSA) is 56.4 Å². The number of fused-ring (bicyclic) bond motifs is 3. The van der Waals surface area contributed by atoms with Crippen LogP contribution in [0.3, 0.4) is 0 Å². The Morgan fingerprint density at radius 2 is 1.97 bits per heavy atom. The van der Waals surface area contributed by atoms with E-state index >= 15 is 0 Å². The van der Waals surface area contributed by atoms with Gasteiger partial charge in [0, 0.05) is 22.0 Å². The fourth-order valence-corrected chi connectivity index (χ4v) is 4.89. The predicted molar refractivity (Wildman–Crippen MR) is 135 cm³/mol. The van der Waals surface area contributed by atoms with Crippen LogP contribution in [0.5, 0.6) is 17.2 Å². The Labute approximate surface area is 208 Å². The van der Waals surface area contributed by atoms with Crippen LogP contribution in [0.15, 0.2) is 62.5 Å². The summed E-state index contributed by atoms with van der Waals surface area (Å²) in [4.78, 5) is 0. The molecule has 34 heavy (non-hydrogen) atoms. The summed E-state index contributed by atoms with van der Waals surface area (Å²) in [5.41, 5.74) is 2.98. The lowest BCUT2D eigenvalue weighted by Crippen LogP contribution is -2.33. The molecule has 3 heterocycles. The third-order valence-electron chi connectivity index (χ3n) is 6.25. The van der Waals surface area contributed by atoms with Gasteiger partial charge >= 0.3 is 0 Å². The van der Waals surface area contributed by atoms with Gasteiger partial charge in [-0.3, -0.25) is 0 Å². The van der Waals surface area contributed by atoms with Crippen LogP contribution in [0, 0.1) is 6.92 Å². The van der Waals surface area contributed by atoms with Crippen molar-refractivity contribution >= 4 is 21.6 Å². The molecule has 3 aromatic rings. The molecule has 0 spiro atoms. The van der Waals surface area contributed by atoms with Gasteiger partial charge < -0.3 is 18.6 Å². The van der Waals surface area contributed by atoms with Gasteiger partial charge in [0.15, 0.2) is 11.5 Å². The summed E-state index contributed by atoms with van der Waals surface area (Å²) in [6.45, 7) is 4.81. The van der Waals surface area contributed by atoms with Crippen molar-refractivity contribution in [2.24, 2.45) is 5.10 Å². The smallest absolute Gasteiger partial charge is 0.214 e. The molecule has 2 atom stereocenters. The van der Waals surface area contributed by atoms with Crippen molar-refractivity contribution in [2.75, 3.05) is 13.7 Å². The molecule has 2 aromatic carbocycles. The molecule has 0 radical (unpaired) electrons. The van der Waals surface area contributed by atoms with E-state index in [1.54, 1.807) is 7.11 Å². The Hall–Kier alpha value is -2.93. The van der Waals surface area contributed by atoms with Crippen LogP contribution in [0.1, 0.15) is 67.5 Å². The lowest BCUT2D eigenvalue weighted by Gasteiger charge is -2.38. The predicted octanol–water partition coefficient (Wildman–Crippen LogP) is 7.17. The van der Waals surface area contributed by atoms with Crippen molar-refractivity contribution in [3.63, 3.8) is 0 Å². The Morgan fingerprint density at radius 3 is 2.74 bits per heavy atom. The molecule has 0 bridgehead atoms. The van der Waals surface area contributed by atoms with E-state index in [4.69, 9.17) is 23.7 Å². The van der Waals surface area contributed by atoms with Gasteiger partial charge in [-0.05, 0) is 61.9 Å². The van der Waals surface area contributed by atoms with Crippen LogP contribution in [0.2, 0.25) is 0 Å². The molecule has 0 unspecified atom stereocenters. The summed E-state index contributed by atoms with van der Waals surface area (Å²) in [6, 6.07) is 16.1. The van der Waals surface area contributed by atoms with E-state index < -0.39 is 6.23 Å². The van der Waals surface area contributed by atoms with Gasteiger partial charge in [0.05, 0.1) is 19.8 Å². The lowest BCUT2D eigenvalue weighted by atomic mass is 9.97. The zero-order valence-electron chi connectivity index (χ0n) is 19.7. The van der Waals surface area contributed by atoms with Crippen molar-refractivity contribution in [1.82, 2.24) is 5.01 Å². The molecule has 6 nitrogen and oxygen atoms in total. The zero-order valence-corrected chi connectivity index (χ0v) is 21.3. The molecule has 0 fully saturated rings. The maximum atomic E-state index is 6.50. The number of hydrogen-bond acceptors (Lipinski definition) is 6. The summed E-state index contributed by atoms with van der Waals surface area (Å²) in [5, 5.41) is 7.01. The van der Waals surface area contributed by atoms with Crippen LogP contribution in [0.25, 0.3) is 0 Å². The molecular weight excluding hydrogens is 496 g/mol. The minimum Gasteiger partial charge on any atom is -0.493 e. The monoisotopic (exact) mass is 524 g/mol. The van der Waals surface area contributed by atoms with Gasteiger partial charge in [-0.25, -0.2) is 5.01 Å². The summed E-state index contributed by atoms with van der Waals surface area (Å²) in [5.74, 6) is 3.98. The van der Waals surface area contributed by atoms with Crippen LogP contribution >= 0.6 is 15.9 Å². The first-order valence-corrected chi connectivity index (χ1v) is 12.6. The number of rotatable bonds is 8. The second-order valence-electron chi connectivity index (χ2n) is 8.68. The molecule has 0 amide bonds. The molecule has 1 aromatic heterocycles. The number of unbranched alkanes of at least 4 members (excludes halogenated alkanes) is 2. The van der Waals surface area contributed by atoms with Crippen LogP contribution in [-0.4, -0.2) is 24.4 Å². The molecule has 7 heteroatoms. The summed E-state index contributed by atoms with van der Waals surface area (Å²) >= 11 is 3.61. The first-order chi connectivity index (χ1) is 16.6. The molecule has 0 saturated carbocycles. The second kappa shape index (κ2) is 9.74. The van der Waals surface area contributed by atoms with Crippen molar-refractivity contribution in [1.29, 1.82) is 0 Å². The van der Waals surface area contributed by atoms with Gasteiger partial charge in [-0.1, -0.05) is 35.7 Å². The number of benzene rings is 2. The van der Waals surface area contributed by atoms with Gasteiger partial charge in [0.1, 0.15) is 23.0 Å². The van der Waals surface area contributed by atoms with Crippen molar-refractivity contribution in [2.45, 2.75) is 51.8 Å². The highest BCUT2D eigenvalue weighted by molar-refractivity contribution is 9.10. The first-order valence-electron chi connectivity index (χ1n) is 11.8. The molecule has 2 aliphatic rings. The summed E-state index contributed by atoms with van der Waals surface area (Å²) < 4.78 is 25.1. The van der Waals surface area contributed by atoms with Crippen molar-refractivity contribution in [3.8, 4) is 17.2 Å². The highest BCUT2D eigenvalue weighted by atomic mass is 79.9. The zero-order chi connectivity index (χ0) is 23.7.